The van der Waals surface area contributed by atoms with E-state index in [1.54, 1.807) is 14.2 Å². The molecule has 0 unspecified atom stereocenters. The molecule has 2 aromatic carbocycles. The van der Waals surface area contributed by atoms with Gasteiger partial charge in [0, 0.05) is 52.6 Å². The fourth-order valence-corrected chi connectivity index (χ4v) is 3.38. The molecular weight excluding hydrogens is 463 g/mol. The van der Waals surface area contributed by atoms with E-state index in [9.17, 15) is 0 Å². The Morgan fingerprint density at radius 3 is 2.57 bits per heavy atom. The number of hydrogen-bond donors (Lipinski definition) is 2. The molecule has 0 spiro atoms. The van der Waals surface area contributed by atoms with Gasteiger partial charge in [-0.15, -0.1) is 24.0 Å². The average molecular weight is 494 g/mol. The summed E-state index contributed by atoms with van der Waals surface area (Å²) in [6.45, 7) is 4.44. The molecule has 6 heteroatoms. The highest BCUT2D eigenvalue weighted by molar-refractivity contribution is 14.0. The van der Waals surface area contributed by atoms with Crippen LogP contribution in [-0.4, -0.2) is 39.8 Å². The third-order valence-corrected chi connectivity index (χ3v) is 4.88. The van der Waals surface area contributed by atoms with Gasteiger partial charge in [0.1, 0.15) is 0 Å². The summed E-state index contributed by atoms with van der Waals surface area (Å²) in [6.07, 6.45) is 2.11. The number of rotatable bonds is 8. The minimum Gasteiger partial charge on any atom is -0.385 e. The summed E-state index contributed by atoms with van der Waals surface area (Å²) in [5.41, 5.74) is 5.44. The van der Waals surface area contributed by atoms with Crippen LogP contribution in [0.15, 0.2) is 53.5 Å². The summed E-state index contributed by atoms with van der Waals surface area (Å²) in [5, 5.41) is 6.65. The molecule has 28 heavy (non-hydrogen) atoms. The van der Waals surface area contributed by atoms with E-state index < -0.39 is 0 Å². The molecule has 0 amide bonds. The third kappa shape index (κ3) is 6.38. The van der Waals surface area contributed by atoms with Gasteiger partial charge in [-0.05, 0) is 35.6 Å². The van der Waals surface area contributed by atoms with Gasteiger partial charge in [0.15, 0.2) is 5.96 Å². The largest absolute Gasteiger partial charge is 0.385 e. The smallest absolute Gasteiger partial charge is 0.191 e. The normalized spacial score (nSPS) is 13.1. The molecule has 0 radical (unpaired) electrons. The minimum atomic E-state index is 0. The Hall–Kier alpha value is -1.80. The molecule has 1 heterocycles. The van der Waals surface area contributed by atoms with E-state index in [2.05, 4.69) is 69.1 Å². The van der Waals surface area contributed by atoms with E-state index in [1.165, 1.54) is 22.4 Å². The van der Waals surface area contributed by atoms with Crippen LogP contribution in [-0.2, 0) is 24.2 Å². The first-order valence-corrected chi connectivity index (χ1v) is 9.64. The number of hydrogen-bond acceptors (Lipinski definition) is 3. The van der Waals surface area contributed by atoms with Crippen LogP contribution in [0.25, 0.3) is 0 Å². The van der Waals surface area contributed by atoms with Crippen LogP contribution < -0.4 is 15.5 Å². The van der Waals surface area contributed by atoms with Gasteiger partial charge in [0.2, 0.25) is 0 Å². The van der Waals surface area contributed by atoms with Crippen molar-refractivity contribution >= 4 is 35.6 Å². The van der Waals surface area contributed by atoms with Crippen molar-refractivity contribution in [2.24, 2.45) is 4.99 Å². The molecule has 0 aliphatic carbocycles. The van der Waals surface area contributed by atoms with Gasteiger partial charge in [-0.3, -0.25) is 4.99 Å². The highest BCUT2D eigenvalue weighted by Crippen LogP contribution is 2.28. The fraction of sp³-hybridized carbons (Fsp3) is 0.409. The molecule has 1 aliphatic heterocycles. The zero-order valence-electron chi connectivity index (χ0n) is 16.8. The lowest BCUT2D eigenvalue weighted by molar-refractivity contribution is 0.195. The van der Waals surface area contributed by atoms with Crippen molar-refractivity contribution in [2.75, 3.05) is 38.8 Å². The zero-order valence-corrected chi connectivity index (χ0v) is 19.1. The Morgan fingerprint density at radius 1 is 1.07 bits per heavy atom. The lowest BCUT2D eigenvalue weighted by atomic mass is 10.1. The monoisotopic (exact) mass is 494 g/mol. The van der Waals surface area contributed by atoms with Crippen LogP contribution in [0, 0.1) is 0 Å². The van der Waals surface area contributed by atoms with Crippen LogP contribution in [0.3, 0.4) is 0 Å². The number of halogens is 1. The van der Waals surface area contributed by atoms with Crippen molar-refractivity contribution in [1.29, 1.82) is 0 Å². The third-order valence-electron chi connectivity index (χ3n) is 4.88. The number of anilines is 1. The molecule has 5 nitrogen and oxygen atoms in total. The molecule has 152 valence electrons. The predicted molar refractivity (Wildman–Crippen MR) is 128 cm³/mol. The summed E-state index contributed by atoms with van der Waals surface area (Å²) in [6, 6.07) is 17.6. The molecule has 1 aliphatic rings. The summed E-state index contributed by atoms with van der Waals surface area (Å²) < 4.78 is 5.06. The molecule has 0 bridgehead atoms. The van der Waals surface area contributed by atoms with Crippen molar-refractivity contribution < 1.29 is 4.74 Å². The van der Waals surface area contributed by atoms with Gasteiger partial charge in [-0.1, -0.05) is 42.5 Å². The van der Waals surface area contributed by atoms with Crippen molar-refractivity contribution in [3.8, 4) is 0 Å². The highest BCUT2D eigenvalue weighted by atomic mass is 127. The van der Waals surface area contributed by atoms with Gasteiger partial charge < -0.3 is 20.3 Å². The first-order chi connectivity index (χ1) is 13.3. The van der Waals surface area contributed by atoms with Crippen LogP contribution in [0.1, 0.15) is 23.1 Å². The molecule has 0 fully saturated rings. The highest BCUT2D eigenvalue weighted by Gasteiger charge is 2.17. The molecule has 3 rings (SSSR count). The number of methoxy groups -OCH3 is 1. The second-order valence-corrected chi connectivity index (χ2v) is 6.82. The maximum Gasteiger partial charge on any atom is 0.191 e. The number of aliphatic imine (C=N–C) groups is 1. The molecule has 0 saturated carbocycles. The van der Waals surface area contributed by atoms with Gasteiger partial charge in [-0.25, -0.2) is 0 Å². The first kappa shape index (κ1) is 22.5. The second-order valence-electron chi connectivity index (χ2n) is 6.82. The number of benzene rings is 2. The van der Waals surface area contributed by atoms with Crippen LogP contribution in [0.5, 0.6) is 0 Å². The molecular formula is C22H31IN4O. The van der Waals surface area contributed by atoms with Gasteiger partial charge in [0.25, 0.3) is 0 Å². The van der Waals surface area contributed by atoms with E-state index in [-0.39, 0.29) is 24.0 Å². The van der Waals surface area contributed by atoms with Crippen molar-refractivity contribution in [3.05, 3.63) is 65.2 Å². The Balaban J connectivity index is 0.00000280. The lowest BCUT2D eigenvalue weighted by Gasteiger charge is -2.19. The van der Waals surface area contributed by atoms with E-state index in [4.69, 9.17) is 4.74 Å². The van der Waals surface area contributed by atoms with E-state index in [0.29, 0.717) is 0 Å². The average Bonchev–Trinajstić information content (AvgIpc) is 3.11. The number of guanidine groups is 1. The number of nitrogens with zero attached hydrogens (tertiary/aromatic N) is 2. The molecule has 2 N–H and O–H groups in total. The standard InChI is InChI=1S/C22H30N4O.HI/c1-23-22(24-13-5-15-27-2)25-16-18-8-10-19(11-9-18)17-26-14-12-20-6-3-4-7-21(20)26;/h3-4,6-11H,5,12-17H2,1-2H3,(H2,23,24,25);1H. The summed E-state index contributed by atoms with van der Waals surface area (Å²) in [4.78, 5) is 6.72. The molecule has 0 aromatic heterocycles. The Kier molecular flexibility index (Phi) is 9.57. The number of para-hydroxylation sites is 1. The maximum atomic E-state index is 5.06. The van der Waals surface area contributed by atoms with E-state index in [1.807, 2.05) is 0 Å². The van der Waals surface area contributed by atoms with E-state index >= 15 is 0 Å². The first-order valence-electron chi connectivity index (χ1n) is 9.64. The summed E-state index contributed by atoms with van der Waals surface area (Å²) in [5.74, 6) is 0.823. The summed E-state index contributed by atoms with van der Waals surface area (Å²) >= 11 is 0. The van der Waals surface area contributed by atoms with Crippen LogP contribution in [0.2, 0.25) is 0 Å². The van der Waals surface area contributed by atoms with Crippen LogP contribution in [0.4, 0.5) is 5.69 Å². The van der Waals surface area contributed by atoms with Gasteiger partial charge in [-0.2, -0.15) is 0 Å². The number of ether oxygens (including phenoxy) is 1. The maximum absolute atomic E-state index is 5.06. The second kappa shape index (κ2) is 11.9. The lowest BCUT2D eigenvalue weighted by Crippen LogP contribution is -2.37. The SMILES string of the molecule is CN=C(NCCCOC)NCc1ccc(CN2CCc3ccccc32)cc1.I. The van der Waals surface area contributed by atoms with Crippen LogP contribution >= 0.6 is 24.0 Å². The van der Waals surface area contributed by atoms with Crippen molar-refractivity contribution in [1.82, 2.24) is 10.6 Å². The fourth-order valence-electron chi connectivity index (χ4n) is 3.38. The molecule has 0 atom stereocenters. The summed E-state index contributed by atoms with van der Waals surface area (Å²) in [7, 11) is 3.52. The van der Waals surface area contributed by atoms with Gasteiger partial charge in [0.05, 0.1) is 0 Å². The Morgan fingerprint density at radius 2 is 1.82 bits per heavy atom. The van der Waals surface area contributed by atoms with E-state index in [0.717, 1.165) is 51.6 Å². The topological polar surface area (TPSA) is 48.9 Å². The van der Waals surface area contributed by atoms with Gasteiger partial charge >= 0.3 is 0 Å². The zero-order chi connectivity index (χ0) is 18.9. The molecule has 0 saturated heterocycles. The Labute approximate surface area is 185 Å². The predicted octanol–water partition coefficient (Wildman–Crippen LogP) is 3.57. The quantitative estimate of drug-likeness (QED) is 0.255. The van der Waals surface area contributed by atoms with Crippen molar-refractivity contribution in [2.45, 2.75) is 25.9 Å². The Bertz CT molecular complexity index is 748. The van der Waals surface area contributed by atoms with Crippen molar-refractivity contribution in [3.63, 3.8) is 0 Å². The minimum absolute atomic E-state index is 0. The molecule has 2 aromatic rings. The number of fused-ring (bicyclic) bond motifs is 1. The number of nitrogens with one attached hydrogen (secondary N) is 2.